The molecule has 3 aromatic rings. The van der Waals surface area contributed by atoms with Crippen LogP contribution in [0.25, 0.3) is 0 Å². The van der Waals surface area contributed by atoms with Crippen LogP contribution in [0.4, 0.5) is 42.4 Å². The SMILES string of the molecule is Fc1cccc(Oc2nc(N[C@@H]3[C@@H]4CC[C@H]3CN(c3ccnc(C(F)(F)F)c3)C4)nn2CC(F)(F)F)c1. The topological polar surface area (TPSA) is 68.1 Å². The van der Waals surface area contributed by atoms with Crippen LogP contribution in [0.15, 0.2) is 42.6 Å². The molecule has 3 atom stereocenters. The molecule has 5 rings (SSSR count). The highest BCUT2D eigenvalue weighted by molar-refractivity contribution is 5.49. The van der Waals surface area contributed by atoms with E-state index in [-0.39, 0.29) is 29.6 Å². The molecule has 1 saturated heterocycles. The van der Waals surface area contributed by atoms with Gasteiger partial charge in [-0.25, -0.2) is 9.07 Å². The van der Waals surface area contributed by atoms with E-state index in [0.29, 0.717) is 23.5 Å². The second-order valence-electron chi connectivity index (χ2n) is 9.12. The number of anilines is 2. The van der Waals surface area contributed by atoms with E-state index >= 15 is 0 Å². The lowest BCUT2D eigenvalue weighted by atomic mass is 9.92. The third-order valence-corrected chi connectivity index (χ3v) is 6.50. The normalized spacial score (nSPS) is 21.8. The largest absolute Gasteiger partial charge is 0.433 e. The molecule has 2 aromatic heterocycles. The highest BCUT2D eigenvalue weighted by atomic mass is 19.4. The van der Waals surface area contributed by atoms with Gasteiger partial charge in [-0.2, -0.15) is 31.3 Å². The predicted molar refractivity (Wildman–Crippen MR) is 118 cm³/mol. The summed E-state index contributed by atoms with van der Waals surface area (Å²) in [5, 5.41) is 7.04. The van der Waals surface area contributed by atoms with Gasteiger partial charge in [0.15, 0.2) is 0 Å². The fourth-order valence-corrected chi connectivity index (χ4v) is 4.96. The number of hydrogen-bond acceptors (Lipinski definition) is 6. The van der Waals surface area contributed by atoms with Crippen molar-refractivity contribution in [3.8, 4) is 11.8 Å². The standard InChI is InChI=1S/C23H21F7N6O/c24-15-2-1-3-17(8-15)37-21-33-20(34-36(21)12-22(25,26)27)32-19-13-4-5-14(19)11-35(10-13)16-6-7-31-18(9-16)23(28,29)30/h1-3,6-9,13-14,19H,4-5,10-12H2,(H,32,34)/t13-,14+,19-. The maximum atomic E-state index is 13.5. The van der Waals surface area contributed by atoms with Gasteiger partial charge < -0.3 is 15.0 Å². The molecule has 14 heteroatoms. The maximum Gasteiger partial charge on any atom is 0.433 e. The number of pyridine rings is 1. The Kier molecular flexibility index (Phi) is 6.36. The monoisotopic (exact) mass is 530 g/mol. The summed E-state index contributed by atoms with van der Waals surface area (Å²) in [5.74, 6) is -0.731. The molecule has 0 radical (unpaired) electrons. The van der Waals surface area contributed by atoms with E-state index in [1.165, 1.54) is 18.2 Å². The molecular formula is C23H21F7N6O. The Morgan fingerprint density at radius 3 is 2.38 bits per heavy atom. The quantitative estimate of drug-likeness (QED) is 0.424. The van der Waals surface area contributed by atoms with E-state index in [0.717, 1.165) is 37.2 Å². The number of nitrogens with one attached hydrogen (secondary N) is 1. The Bertz CT molecular complexity index is 1250. The zero-order valence-corrected chi connectivity index (χ0v) is 19.1. The van der Waals surface area contributed by atoms with Gasteiger partial charge in [0.1, 0.15) is 23.8 Å². The lowest BCUT2D eigenvalue weighted by molar-refractivity contribution is -0.143. The molecule has 7 nitrogen and oxygen atoms in total. The summed E-state index contributed by atoms with van der Waals surface area (Å²) in [6, 6.07) is 6.80. The van der Waals surface area contributed by atoms with Gasteiger partial charge in [0.2, 0.25) is 5.95 Å². The molecule has 0 amide bonds. The third-order valence-electron chi connectivity index (χ3n) is 6.50. The van der Waals surface area contributed by atoms with Gasteiger partial charge in [-0.15, -0.1) is 5.10 Å². The summed E-state index contributed by atoms with van der Waals surface area (Å²) in [4.78, 5) is 9.35. The average Bonchev–Trinajstić information content (AvgIpc) is 3.26. The number of piperidine rings is 1. The summed E-state index contributed by atoms with van der Waals surface area (Å²) < 4.78 is 98.1. The summed E-state index contributed by atoms with van der Waals surface area (Å²) in [7, 11) is 0. The van der Waals surface area contributed by atoms with Gasteiger partial charge in [0.25, 0.3) is 0 Å². The Hall–Kier alpha value is -3.58. The van der Waals surface area contributed by atoms with Crippen molar-refractivity contribution in [1.29, 1.82) is 0 Å². The average molecular weight is 530 g/mol. The van der Waals surface area contributed by atoms with Crippen molar-refractivity contribution in [1.82, 2.24) is 19.7 Å². The number of rotatable bonds is 6. The number of fused-ring (bicyclic) bond motifs is 2. The molecule has 1 aromatic carbocycles. The van der Waals surface area contributed by atoms with Crippen molar-refractivity contribution >= 4 is 11.6 Å². The lowest BCUT2D eigenvalue weighted by Crippen LogP contribution is -2.48. The molecule has 1 aliphatic heterocycles. The van der Waals surface area contributed by atoms with E-state index in [1.54, 1.807) is 0 Å². The number of aromatic nitrogens is 4. The minimum atomic E-state index is -4.60. The van der Waals surface area contributed by atoms with Crippen molar-refractivity contribution in [3.63, 3.8) is 0 Å². The minimum absolute atomic E-state index is 0.00315. The molecular weight excluding hydrogens is 509 g/mol. The number of hydrogen-bond donors (Lipinski definition) is 1. The first-order valence-corrected chi connectivity index (χ1v) is 11.4. The van der Waals surface area contributed by atoms with E-state index in [4.69, 9.17) is 4.74 Å². The summed E-state index contributed by atoms with van der Waals surface area (Å²) >= 11 is 0. The van der Waals surface area contributed by atoms with Gasteiger partial charge in [0.05, 0.1) is 0 Å². The van der Waals surface area contributed by atoms with Crippen LogP contribution in [0.1, 0.15) is 18.5 Å². The molecule has 0 unspecified atom stereocenters. The van der Waals surface area contributed by atoms with Crippen molar-refractivity contribution in [3.05, 3.63) is 54.1 Å². The molecule has 2 bridgehead atoms. The van der Waals surface area contributed by atoms with Gasteiger partial charge in [-0.05, 0) is 48.9 Å². The maximum absolute atomic E-state index is 13.5. The van der Waals surface area contributed by atoms with Gasteiger partial charge in [-0.3, -0.25) is 4.98 Å². The zero-order chi connectivity index (χ0) is 26.4. The zero-order valence-electron chi connectivity index (χ0n) is 19.1. The number of alkyl halides is 6. The Morgan fingerprint density at radius 1 is 1.00 bits per heavy atom. The first kappa shape index (κ1) is 25.1. The molecule has 0 spiro atoms. The van der Waals surface area contributed by atoms with Crippen LogP contribution in [0.2, 0.25) is 0 Å². The first-order valence-electron chi connectivity index (χ1n) is 11.4. The van der Waals surface area contributed by atoms with Crippen molar-refractivity contribution in [2.75, 3.05) is 23.3 Å². The van der Waals surface area contributed by atoms with E-state index in [1.807, 2.05) is 4.90 Å². The molecule has 2 aliphatic rings. The van der Waals surface area contributed by atoms with Gasteiger partial charge in [-0.1, -0.05) is 6.07 Å². The number of halogens is 7. The number of nitrogens with zero attached hydrogens (tertiary/aromatic N) is 5. The summed E-state index contributed by atoms with van der Waals surface area (Å²) in [6.45, 7) is -0.558. The van der Waals surface area contributed by atoms with E-state index < -0.39 is 36.4 Å². The van der Waals surface area contributed by atoms with Gasteiger partial charge >= 0.3 is 18.4 Å². The van der Waals surface area contributed by atoms with Crippen molar-refractivity contribution in [2.24, 2.45) is 11.8 Å². The molecule has 198 valence electrons. The highest BCUT2D eigenvalue weighted by Crippen LogP contribution is 2.41. The van der Waals surface area contributed by atoms with Crippen LogP contribution in [-0.2, 0) is 12.7 Å². The van der Waals surface area contributed by atoms with Crippen LogP contribution in [-0.4, -0.2) is 45.1 Å². The Balaban J connectivity index is 1.33. The molecule has 1 aliphatic carbocycles. The van der Waals surface area contributed by atoms with Crippen LogP contribution in [0.5, 0.6) is 11.8 Å². The fourth-order valence-electron chi connectivity index (χ4n) is 4.96. The fraction of sp³-hybridized carbons (Fsp3) is 0.435. The second-order valence-corrected chi connectivity index (χ2v) is 9.12. The van der Waals surface area contributed by atoms with Crippen molar-refractivity contribution < 1.29 is 35.5 Å². The number of ether oxygens (including phenoxy) is 1. The predicted octanol–water partition coefficient (Wildman–Crippen LogP) is 5.51. The lowest BCUT2D eigenvalue weighted by Gasteiger charge is -2.39. The van der Waals surface area contributed by atoms with Crippen LogP contribution in [0, 0.1) is 17.7 Å². The first-order chi connectivity index (χ1) is 17.4. The van der Waals surface area contributed by atoms with Crippen LogP contribution in [0.3, 0.4) is 0 Å². The van der Waals surface area contributed by atoms with E-state index in [9.17, 15) is 30.7 Å². The minimum Gasteiger partial charge on any atom is -0.424 e. The van der Waals surface area contributed by atoms with Crippen LogP contribution >= 0.6 is 0 Å². The summed E-state index contributed by atoms with van der Waals surface area (Å²) in [5.41, 5.74) is -0.557. The molecule has 1 N–H and O–H groups in total. The van der Waals surface area contributed by atoms with E-state index in [2.05, 4.69) is 20.4 Å². The smallest absolute Gasteiger partial charge is 0.424 e. The molecule has 3 heterocycles. The summed E-state index contributed by atoms with van der Waals surface area (Å²) in [6.07, 6.45) is -6.46. The van der Waals surface area contributed by atoms with Crippen LogP contribution < -0.4 is 15.0 Å². The molecule has 2 fully saturated rings. The Labute approximate surface area is 206 Å². The third kappa shape index (κ3) is 5.72. The van der Waals surface area contributed by atoms with Gasteiger partial charge in [0, 0.05) is 37.1 Å². The highest BCUT2D eigenvalue weighted by Gasteiger charge is 2.43. The Morgan fingerprint density at radius 2 is 1.73 bits per heavy atom. The molecule has 1 saturated carbocycles. The van der Waals surface area contributed by atoms with Crippen molar-refractivity contribution in [2.45, 2.75) is 37.8 Å². The number of benzene rings is 1. The second kappa shape index (κ2) is 9.38. The molecule has 37 heavy (non-hydrogen) atoms.